The zero-order valence-corrected chi connectivity index (χ0v) is 19.4. The summed E-state index contributed by atoms with van der Waals surface area (Å²) in [4.78, 5) is 38.6. The highest BCUT2D eigenvalue weighted by Gasteiger charge is 2.45. The van der Waals surface area contributed by atoms with Crippen molar-refractivity contribution in [3.05, 3.63) is 42.0 Å². The maximum atomic E-state index is 13.4. The molecule has 1 aliphatic carbocycles. The number of aromatic nitrogens is 2. The average Bonchev–Trinajstić information content (AvgIpc) is 3.29. The Morgan fingerprint density at radius 2 is 1.97 bits per heavy atom. The van der Waals surface area contributed by atoms with Gasteiger partial charge in [-0.2, -0.15) is 5.10 Å². The first-order chi connectivity index (χ1) is 16.4. The summed E-state index contributed by atoms with van der Waals surface area (Å²) in [7, 11) is 3.77. The molecular weight excluding hydrogens is 437 g/mol. The topological polar surface area (TPSA) is 94.0 Å². The highest BCUT2D eigenvalue weighted by molar-refractivity contribution is 6.05. The summed E-state index contributed by atoms with van der Waals surface area (Å²) in [6.45, 7) is -0.0394. The molecule has 0 spiro atoms. The Labute approximate surface area is 197 Å². The first-order valence-corrected chi connectivity index (χ1v) is 11.7. The van der Waals surface area contributed by atoms with E-state index in [-0.39, 0.29) is 24.2 Å². The molecular formula is C24H28FN7O2. The van der Waals surface area contributed by atoms with Crippen molar-refractivity contribution >= 4 is 34.8 Å². The van der Waals surface area contributed by atoms with E-state index in [1.165, 1.54) is 36.4 Å². The van der Waals surface area contributed by atoms with Gasteiger partial charge < -0.3 is 15.1 Å². The van der Waals surface area contributed by atoms with E-state index in [4.69, 9.17) is 5.10 Å². The van der Waals surface area contributed by atoms with Crippen LogP contribution >= 0.6 is 0 Å². The normalized spacial score (nSPS) is 20.0. The molecule has 1 atom stereocenters. The smallest absolute Gasteiger partial charge is 0.279 e. The minimum Gasteiger partial charge on any atom is -0.376 e. The van der Waals surface area contributed by atoms with Gasteiger partial charge in [0.1, 0.15) is 30.2 Å². The molecule has 2 aliphatic heterocycles. The maximum Gasteiger partial charge on any atom is 0.279 e. The Balaban J connectivity index is 1.45. The van der Waals surface area contributed by atoms with E-state index in [1.807, 2.05) is 23.9 Å². The number of carbonyl (C=O) groups excluding carboxylic acids is 2. The van der Waals surface area contributed by atoms with Crippen LogP contribution in [0.2, 0.25) is 0 Å². The van der Waals surface area contributed by atoms with E-state index < -0.39 is 12.0 Å². The minimum absolute atomic E-state index is 0.0394. The molecule has 0 aromatic carbocycles. The highest BCUT2D eigenvalue weighted by atomic mass is 19.1. The molecule has 4 heterocycles. The van der Waals surface area contributed by atoms with Crippen molar-refractivity contribution in [2.45, 2.75) is 44.7 Å². The van der Waals surface area contributed by atoms with Gasteiger partial charge in [0, 0.05) is 26.2 Å². The Morgan fingerprint density at radius 1 is 1.18 bits per heavy atom. The predicted octanol–water partition coefficient (Wildman–Crippen LogP) is 3.25. The first-order valence-electron chi connectivity index (χ1n) is 11.7. The third kappa shape index (κ3) is 4.20. The molecule has 1 saturated carbocycles. The molecule has 9 nitrogen and oxygen atoms in total. The summed E-state index contributed by atoms with van der Waals surface area (Å²) >= 11 is 0. The van der Waals surface area contributed by atoms with Crippen molar-refractivity contribution in [2.75, 3.05) is 35.8 Å². The zero-order chi connectivity index (χ0) is 23.8. The van der Waals surface area contributed by atoms with Gasteiger partial charge in [0.25, 0.3) is 5.91 Å². The lowest BCUT2D eigenvalue weighted by Gasteiger charge is -2.39. The van der Waals surface area contributed by atoms with Crippen molar-refractivity contribution < 1.29 is 14.0 Å². The second-order valence-electron chi connectivity index (χ2n) is 9.26. The molecule has 0 radical (unpaired) electrons. The molecule has 5 rings (SSSR count). The number of amides is 2. The van der Waals surface area contributed by atoms with Crippen molar-refractivity contribution in [2.24, 2.45) is 11.0 Å². The van der Waals surface area contributed by atoms with Gasteiger partial charge in [-0.3, -0.25) is 9.59 Å². The third-order valence-electron chi connectivity index (χ3n) is 6.73. The standard InChI is InChI=1S/C24H28FN7O2/c1-30(2)17-10-18-23(27-13-17)31(14-21(33)28-20-9-8-16(25)12-26-20)22-11-19(29-32(22)24(18)34)15-6-4-3-5-7-15/h8-10,12-13,15,22H,3-7,11,14H2,1-2H3,(H,26,28,33). The number of nitrogens with zero attached hydrogens (tertiary/aromatic N) is 6. The van der Waals surface area contributed by atoms with Crippen LogP contribution in [0.25, 0.3) is 0 Å². The molecule has 10 heteroatoms. The van der Waals surface area contributed by atoms with Crippen LogP contribution in [0.5, 0.6) is 0 Å². The number of pyridine rings is 2. The van der Waals surface area contributed by atoms with Crippen LogP contribution in [0, 0.1) is 11.7 Å². The fourth-order valence-electron chi connectivity index (χ4n) is 4.94. The van der Waals surface area contributed by atoms with Crippen molar-refractivity contribution in [3.8, 4) is 0 Å². The molecule has 178 valence electrons. The monoisotopic (exact) mass is 465 g/mol. The Morgan fingerprint density at radius 3 is 2.68 bits per heavy atom. The molecule has 2 amide bonds. The van der Waals surface area contributed by atoms with Crippen molar-refractivity contribution in [1.29, 1.82) is 0 Å². The second-order valence-corrected chi connectivity index (χ2v) is 9.26. The molecule has 1 N–H and O–H groups in total. The number of fused-ring (bicyclic) bond motifs is 2. The lowest BCUT2D eigenvalue weighted by molar-refractivity contribution is -0.115. The van der Waals surface area contributed by atoms with Gasteiger partial charge in [0.05, 0.1) is 23.6 Å². The largest absolute Gasteiger partial charge is 0.376 e. The van der Waals surface area contributed by atoms with Gasteiger partial charge >= 0.3 is 0 Å². The Bertz CT molecular complexity index is 1130. The molecule has 34 heavy (non-hydrogen) atoms. The van der Waals surface area contributed by atoms with E-state index in [2.05, 4.69) is 15.3 Å². The SMILES string of the molecule is CN(C)c1cnc2c(c1)C(=O)N1N=C(C3CCCCC3)CC1N2CC(=O)Nc1ccc(F)cn1. The van der Waals surface area contributed by atoms with Gasteiger partial charge in [-0.25, -0.2) is 19.4 Å². The summed E-state index contributed by atoms with van der Waals surface area (Å²) in [5.74, 6) is 0.107. The molecule has 0 bridgehead atoms. The Hall–Kier alpha value is -3.56. The minimum atomic E-state index is -0.476. The lowest BCUT2D eigenvalue weighted by Crippen LogP contribution is -2.53. The summed E-state index contributed by atoms with van der Waals surface area (Å²) in [6.07, 6.45) is 8.70. The van der Waals surface area contributed by atoms with Crippen molar-refractivity contribution in [1.82, 2.24) is 15.0 Å². The van der Waals surface area contributed by atoms with E-state index in [1.54, 1.807) is 12.3 Å². The average molecular weight is 466 g/mol. The summed E-state index contributed by atoms with van der Waals surface area (Å²) in [5, 5.41) is 9.00. The van der Waals surface area contributed by atoms with E-state index in [0.717, 1.165) is 30.4 Å². The van der Waals surface area contributed by atoms with Crippen LogP contribution in [-0.4, -0.2) is 59.3 Å². The van der Waals surface area contributed by atoms with Crippen LogP contribution in [0.15, 0.2) is 35.7 Å². The number of halogens is 1. The van der Waals surface area contributed by atoms with Crippen LogP contribution in [0.1, 0.15) is 48.9 Å². The Kier molecular flexibility index (Phi) is 5.89. The zero-order valence-electron chi connectivity index (χ0n) is 19.4. The maximum absolute atomic E-state index is 13.4. The van der Waals surface area contributed by atoms with Crippen LogP contribution in [0.4, 0.5) is 21.7 Å². The number of rotatable bonds is 5. The molecule has 3 aliphatic rings. The van der Waals surface area contributed by atoms with E-state index in [0.29, 0.717) is 23.7 Å². The second kappa shape index (κ2) is 9.00. The number of anilines is 3. The number of hydrogen-bond donors (Lipinski definition) is 1. The first kappa shape index (κ1) is 22.2. The third-order valence-corrected chi connectivity index (χ3v) is 6.73. The van der Waals surface area contributed by atoms with Gasteiger partial charge in [0.2, 0.25) is 5.91 Å². The molecule has 1 fully saturated rings. The van der Waals surface area contributed by atoms with Gasteiger partial charge in [0.15, 0.2) is 0 Å². The summed E-state index contributed by atoms with van der Waals surface area (Å²) < 4.78 is 13.2. The van der Waals surface area contributed by atoms with Gasteiger partial charge in [-0.05, 0) is 37.0 Å². The molecule has 2 aromatic heterocycles. The number of hydrogen-bond acceptors (Lipinski definition) is 7. The van der Waals surface area contributed by atoms with Crippen LogP contribution in [0.3, 0.4) is 0 Å². The fraction of sp³-hybridized carbons (Fsp3) is 0.458. The number of carbonyl (C=O) groups is 2. The van der Waals surface area contributed by atoms with E-state index in [9.17, 15) is 14.0 Å². The molecule has 2 aromatic rings. The van der Waals surface area contributed by atoms with Crippen LogP contribution < -0.4 is 15.1 Å². The van der Waals surface area contributed by atoms with Crippen LogP contribution in [-0.2, 0) is 4.79 Å². The summed E-state index contributed by atoms with van der Waals surface area (Å²) in [5.41, 5.74) is 2.24. The molecule has 1 unspecified atom stereocenters. The van der Waals surface area contributed by atoms with Crippen molar-refractivity contribution in [3.63, 3.8) is 0 Å². The predicted molar refractivity (Wildman–Crippen MR) is 127 cm³/mol. The highest BCUT2D eigenvalue weighted by Crippen LogP contribution is 2.38. The number of hydrazone groups is 1. The molecule has 0 saturated heterocycles. The fourth-order valence-corrected chi connectivity index (χ4v) is 4.94. The quantitative estimate of drug-likeness (QED) is 0.729. The number of nitrogens with one attached hydrogen (secondary N) is 1. The summed E-state index contributed by atoms with van der Waals surface area (Å²) in [6, 6.07) is 4.45. The van der Waals surface area contributed by atoms with E-state index >= 15 is 0 Å². The lowest BCUT2D eigenvalue weighted by atomic mass is 9.84. The van der Waals surface area contributed by atoms with Gasteiger partial charge in [-0.15, -0.1) is 0 Å². The van der Waals surface area contributed by atoms with Gasteiger partial charge in [-0.1, -0.05) is 19.3 Å².